The minimum atomic E-state index is -4.57. The SMILES string of the molecule is CN1CCC[C@@H](c2ccc3c(c2)[nH]/c(=N\C(=O)c2cccc(C(F)(F)F)c2)n3CCCO)C1=O. The van der Waals surface area contributed by atoms with Crippen LogP contribution < -0.4 is 5.62 Å². The first-order valence-electron chi connectivity index (χ1n) is 11.0. The molecular weight excluding hydrogens is 449 g/mol. The molecule has 34 heavy (non-hydrogen) atoms. The fraction of sp³-hybridized carbons (Fsp3) is 0.375. The Morgan fingerprint density at radius 3 is 2.76 bits per heavy atom. The molecule has 1 aliphatic heterocycles. The van der Waals surface area contributed by atoms with Crippen molar-refractivity contribution in [3.8, 4) is 0 Å². The predicted molar refractivity (Wildman–Crippen MR) is 119 cm³/mol. The Labute approximate surface area is 193 Å². The van der Waals surface area contributed by atoms with Crippen LogP contribution in [-0.4, -0.2) is 51.6 Å². The molecule has 1 aromatic heterocycles. The lowest BCUT2D eigenvalue weighted by Crippen LogP contribution is -2.36. The van der Waals surface area contributed by atoms with Gasteiger partial charge >= 0.3 is 6.18 Å². The fourth-order valence-corrected chi connectivity index (χ4v) is 4.28. The van der Waals surface area contributed by atoms with Crippen LogP contribution in [0.2, 0.25) is 0 Å². The van der Waals surface area contributed by atoms with E-state index in [0.29, 0.717) is 24.0 Å². The number of piperidine rings is 1. The molecule has 1 atom stereocenters. The summed E-state index contributed by atoms with van der Waals surface area (Å²) in [5, 5.41) is 9.29. The van der Waals surface area contributed by atoms with Crippen LogP contribution in [0.25, 0.3) is 11.0 Å². The van der Waals surface area contributed by atoms with Gasteiger partial charge in [-0.15, -0.1) is 0 Å². The standard InChI is InChI=1S/C24H25F3N4O3/c1-30-10-3-7-18(22(30)34)15-8-9-20-19(14-15)28-23(31(20)11-4-12-32)29-21(33)16-5-2-6-17(13-16)24(25,26)27/h2,5-6,8-9,13-14,18,32H,3-4,7,10-12H2,1H3,(H,28,29,33)/t18-/m0/s1. The number of aliphatic hydroxyl groups excluding tert-OH is 1. The van der Waals surface area contributed by atoms with E-state index in [1.807, 2.05) is 18.2 Å². The summed E-state index contributed by atoms with van der Waals surface area (Å²) >= 11 is 0. The molecule has 2 N–H and O–H groups in total. The van der Waals surface area contributed by atoms with Crippen LogP contribution in [0.15, 0.2) is 47.5 Å². The van der Waals surface area contributed by atoms with Gasteiger partial charge in [0.25, 0.3) is 5.91 Å². The van der Waals surface area contributed by atoms with Gasteiger partial charge < -0.3 is 19.6 Å². The van der Waals surface area contributed by atoms with Crippen molar-refractivity contribution in [3.63, 3.8) is 0 Å². The van der Waals surface area contributed by atoms with Gasteiger partial charge in [0.05, 0.1) is 22.5 Å². The van der Waals surface area contributed by atoms with Gasteiger partial charge in [-0.1, -0.05) is 12.1 Å². The van der Waals surface area contributed by atoms with E-state index >= 15 is 0 Å². The number of amides is 2. The van der Waals surface area contributed by atoms with Gasteiger partial charge in [0.1, 0.15) is 0 Å². The fourth-order valence-electron chi connectivity index (χ4n) is 4.28. The van der Waals surface area contributed by atoms with Crippen LogP contribution in [0, 0.1) is 0 Å². The number of aromatic amines is 1. The Hall–Kier alpha value is -3.40. The highest BCUT2D eigenvalue weighted by Gasteiger charge is 2.31. The number of H-pyrrole nitrogens is 1. The summed E-state index contributed by atoms with van der Waals surface area (Å²) in [5.41, 5.74) is 1.26. The number of halogens is 3. The molecule has 180 valence electrons. The Morgan fingerprint density at radius 2 is 2.03 bits per heavy atom. The summed E-state index contributed by atoms with van der Waals surface area (Å²) in [6.45, 7) is 0.985. The minimum Gasteiger partial charge on any atom is -0.396 e. The smallest absolute Gasteiger partial charge is 0.396 e. The zero-order valence-electron chi connectivity index (χ0n) is 18.6. The monoisotopic (exact) mass is 474 g/mol. The van der Waals surface area contributed by atoms with E-state index in [0.717, 1.165) is 37.1 Å². The molecule has 0 aliphatic carbocycles. The van der Waals surface area contributed by atoms with Crippen LogP contribution in [0.1, 0.15) is 46.7 Å². The first-order valence-corrected chi connectivity index (χ1v) is 11.0. The second-order valence-electron chi connectivity index (χ2n) is 8.40. The van der Waals surface area contributed by atoms with E-state index in [4.69, 9.17) is 0 Å². The summed E-state index contributed by atoms with van der Waals surface area (Å²) in [6, 6.07) is 9.66. The Bertz CT molecular complexity index is 1290. The normalized spacial score (nSPS) is 17.6. The number of carbonyl (C=O) groups is 2. The molecule has 0 saturated carbocycles. The lowest BCUT2D eigenvalue weighted by atomic mass is 9.90. The van der Waals surface area contributed by atoms with Crippen molar-refractivity contribution in [2.24, 2.45) is 4.99 Å². The highest BCUT2D eigenvalue weighted by molar-refractivity contribution is 5.95. The average molecular weight is 474 g/mol. The summed E-state index contributed by atoms with van der Waals surface area (Å²) in [4.78, 5) is 34.2. The summed E-state index contributed by atoms with van der Waals surface area (Å²) in [6.07, 6.45) is -2.53. The predicted octanol–water partition coefficient (Wildman–Crippen LogP) is 3.45. The number of aromatic nitrogens is 2. The lowest BCUT2D eigenvalue weighted by Gasteiger charge is -2.29. The van der Waals surface area contributed by atoms with Gasteiger partial charge in [0.15, 0.2) is 0 Å². The van der Waals surface area contributed by atoms with Crippen molar-refractivity contribution >= 4 is 22.8 Å². The number of fused-ring (bicyclic) bond motifs is 1. The van der Waals surface area contributed by atoms with Crippen LogP contribution in [0.4, 0.5) is 13.2 Å². The molecule has 0 radical (unpaired) electrons. The highest BCUT2D eigenvalue weighted by atomic mass is 19.4. The van der Waals surface area contributed by atoms with Gasteiger partial charge in [0.2, 0.25) is 11.5 Å². The molecule has 1 fully saturated rings. The topological polar surface area (TPSA) is 90.7 Å². The third-order valence-corrected chi connectivity index (χ3v) is 6.06. The number of nitrogens with zero attached hydrogens (tertiary/aromatic N) is 3. The Kier molecular flexibility index (Phi) is 6.60. The molecule has 2 amide bonds. The second-order valence-corrected chi connectivity index (χ2v) is 8.40. The molecular formula is C24H25F3N4O3. The van der Waals surface area contributed by atoms with E-state index in [-0.39, 0.29) is 29.6 Å². The molecule has 1 aliphatic rings. The van der Waals surface area contributed by atoms with Crippen LogP contribution in [-0.2, 0) is 17.5 Å². The molecule has 2 aromatic carbocycles. The molecule has 2 heterocycles. The number of alkyl halides is 3. The van der Waals surface area contributed by atoms with E-state index < -0.39 is 17.6 Å². The van der Waals surface area contributed by atoms with Crippen molar-refractivity contribution in [1.29, 1.82) is 0 Å². The summed E-state index contributed by atoms with van der Waals surface area (Å²) in [7, 11) is 1.78. The number of nitrogens with one attached hydrogen (secondary N) is 1. The quantitative estimate of drug-likeness (QED) is 0.594. The maximum absolute atomic E-state index is 13.0. The number of imidazole rings is 1. The largest absolute Gasteiger partial charge is 0.416 e. The van der Waals surface area contributed by atoms with Crippen LogP contribution in [0.5, 0.6) is 0 Å². The molecule has 4 rings (SSSR count). The maximum atomic E-state index is 13.0. The van der Waals surface area contributed by atoms with Gasteiger partial charge in [-0.25, -0.2) is 0 Å². The van der Waals surface area contributed by atoms with Gasteiger partial charge in [0, 0.05) is 32.3 Å². The highest BCUT2D eigenvalue weighted by Crippen LogP contribution is 2.30. The number of hydrogen-bond acceptors (Lipinski definition) is 3. The second kappa shape index (κ2) is 9.46. The zero-order chi connectivity index (χ0) is 24.5. The Morgan fingerprint density at radius 1 is 1.24 bits per heavy atom. The first-order chi connectivity index (χ1) is 16.2. The van der Waals surface area contributed by atoms with Crippen molar-refractivity contribution in [2.45, 2.75) is 37.9 Å². The molecule has 7 nitrogen and oxygen atoms in total. The molecule has 1 saturated heterocycles. The van der Waals surface area contributed by atoms with E-state index in [1.54, 1.807) is 16.5 Å². The minimum absolute atomic E-state index is 0.0509. The number of benzene rings is 2. The molecule has 10 heteroatoms. The number of aliphatic hydroxyl groups is 1. The number of aryl methyl sites for hydroxylation is 1. The number of hydrogen-bond donors (Lipinski definition) is 2. The number of rotatable bonds is 5. The average Bonchev–Trinajstić information content (AvgIpc) is 3.14. The van der Waals surface area contributed by atoms with Crippen LogP contribution in [0.3, 0.4) is 0 Å². The van der Waals surface area contributed by atoms with Crippen molar-refractivity contribution in [1.82, 2.24) is 14.5 Å². The van der Waals surface area contributed by atoms with Gasteiger partial charge in [-0.3, -0.25) is 9.59 Å². The molecule has 0 unspecified atom stereocenters. The van der Waals surface area contributed by atoms with Crippen molar-refractivity contribution < 1.29 is 27.9 Å². The summed E-state index contributed by atoms with van der Waals surface area (Å²) < 4.78 is 40.8. The zero-order valence-corrected chi connectivity index (χ0v) is 18.6. The molecule has 3 aromatic rings. The molecule has 0 spiro atoms. The number of likely N-dealkylation sites (N-methyl/N-ethyl adjacent to an activating group) is 1. The first kappa shape index (κ1) is 23.7. The molecule has 0 bridgehead atoms. The van der Waals surface area contributed by atoms with E-state index in [9.17, 15) is 27.9 Å². The van der Waals surface area contributed by atoms with Gasteiger partial charge in [-0.2, -0.15) is 18.2 Å². The van der Waals surface area contributed by atoms with Gasteiger partial charge in [-0.05, 0) is 55.2 Å². The van der Waals surface area contributed by atoms with E-state index in [2.05, 4.69) is 9.98 Å². The van der Waals surface area contributed by atoms with Crippen LogP contribution >= 0.6 is 0 Å². The summed E-state index contributed by atoms with van der Waals surface area (Å²) in [5.74, 6) is -1.03. The Balaban J connectivity index is 1.76. The number of likely N-dealkylation sites (tertiary alicyclic amines) is 1. The van der Waals surface area contributed by atoms with Crippen molar-refractivity contribution in [3.05, 3.63) is 64.8 Å². The third-order valence-electron chi connectivity index (χ3n) is 6.06. The van der Waals surface area contributed by atoms with E-state index in [1.165, 1.54) is 12.1 Å². The lowest BCUT2D eigenvalue weighted by molar-refractivity contribution is -0.137. The van der Waals surface area contributed by atoms with Crippen molar-refractivity contribution in [2.75, 3.05) is 20.2 Å². The maximum Gasteiger partial charge on any atom is 0.416 e. The third kappa shape index (κ3) is 4.77. The number of carbonyl (C=O) groups excluding carboxylic acids is 2.